The quantitative estimate of drug-likeness (QED) is 0.871. The van der Waals surface area contributed by atoms with Gasteiger partial charge in [-0.3, -0.25) is 4.98 Å². The van der Waals surface area contributed by atoms with Crippen LogP contribution in [0.1, 0.15) is 17.3 Å². The van der Waals surface area contributed by atoms with Crippen molar-refractivity contribution in [3.63, 3.8) is 0 Å². The Balaban J connectivity index is 2.14. The van der Waals surface area contributed by atoms with Gasteiger partial charge in [0.25, 0.3) is 0 Å². The summed E-state index contributed by atoms with van der Waals surface area (Å²) in [6.45, 7) is 0. The maximum absolute atomic E-state index is 12.8. The number of aromatic hydroxyl groups is 1. The summed E-state index contributed by atoms with van der Waals surface area (Å²) in [6, 6.07) is 10.1. The number of pyridine rings is 1. The van der Waals surface area contributed by atoms with Crippen molar-refractivity contribution in [1.82, 2.24) is 10.3 Å². The largest absolute Gasteiger partial charge is 0.508 e. The average Bonchev–Trinajstić information content (AvgIpc) is 2.39. The van der Waals surface area contributed by atoms with Crippen LogP contribution in [0.25, 0.3) is 0 Å². The maximum Gasteiger partial charge on any atom is 0.141 e. The van der Waals surface area contributed by atoms with Crippen LogP contribution in [-0.4, -0.2) is 17.1 Å². The van der Waals surface area contributed by atoms with E-state index in [-0.39, 0.29) is 17.6 Å². The predicted octanol–water partition coefficient (Wildman–Crippen LogP) is 2.43. The van der Waals surface area contributed by atoms with Crippen molar-refractivity contribution in [2.24, 2.45) is 0 Å². The summed E-state index contributed by atoms with van der Waals surface area (Å²) in [5.41, 5.74) is 1.88. The maximum atomic E-state index is 12.8. The van der Waals surface area contributed by atoms with E-state index in [0.29, 0.717) is 0 Å². The topological polar surface area (TPSA) is 45.1 Å². The van der Waals surface area contributed by atoms with Gasteiger partial charge in [-0.25, -0.2) is 4.39 Å². The molecule has 0 aliphatic carbocycles. The number of nitrogens with zero attached hydrogens (tertiary/aromatic N) is 1. The minimum Gasteiger partial charge on any atom is -0.508 e. The molecule has 0 radical (unpaired) electrons. The lowest BCUT2D eigenvalue weighted by molar-refractivity contribution is 0.474. The Bertz CT molecular complexity index is 496. The third-order valence-corrected chi connectivity index (χ3v) is 2.83. The third kappa shape index (κ3) is 3.05. The van der Waals surface area contributed by atoms with Crippen LogP contribution in [0.2, 0.25) is 0 Å². The molecule has 0 aliphatic heterocycles. The predicted molar refractivity (Wildman–Crippen MR) is 67.8 cm³/mol. The van der Waals surface area contributed by atoms with Crippen LogP contribution in [0.3, 0.4) is 0 Å². The summed E-state index contributed by atoms with van der Waals surface area (Å²) in [6.07, 6.45) is 1.95. The molecule has 2 N–H and O–H groups in total. The first-order valence-corrected chi connectivity index (χ1v) is 5.75. The monoisotopic (exact) mass is 246 g/mol. The van der Waals surface area contributed by atoms with Gasteiger partial charge < -0.3 is 10.4 Å². The van der Waals surface area contributed by atoms with E-state index in [1.807, 2.05) is 19.2 Å². The molecule has 1 aromatic carbocycles. The molecule has 18 heavy (non-hydrogen) atoms. The van der Waals surface area contributed by atoms with E-state index in [2.05, 4.69) is 10.3 Å². The normalized spacial score (nSPS) is 12.3. The zero-order chi connectivity index (χ0) is 13.0. The van der Waals surface area contributed by atoms with Gasteiger partial charge in [-0.1, -0.05) is 12.1 Å². The number of likely N-dealkylation sites (N-methyl/N-ethyl adjacent to an activating group) is 1. The molecule has 0 spiro atoms. The highest BCUT2D eigenvalue weighted by molar-refractivity contribution is 5.27. The summed E-state index contributed by atoms with van der Waals surface area (Å²) in [4.78, 5) is 4.08. The molecule has 2 aromatic rings. The van der Waals surface area contributed by atoms with Gasteiger partial charge in [0.2, 0.25) is 0 Å². The standard InChI is InChI=1S/C14H15FN2O/c1-16-14(13-7-4-11(15)9-17-13)8-10-2-5-12(18)6-3-10/h2-7,9,14,16,18H,8H2,1H3. The van der Waals surface area contributed by atoms with E-state index in [0.717, 1.165) is 17.7 Å². The highest BCUT2D eigenvalue weighted by Gasteiger charge is 2.11. The Hall–Kier alpha value is -1.94. The summed E-state index contributed by atoms with van der Waals surface area (Å²) in [5.74, 6) is -0.0853. The number of nitrogens with one attached hydrogen (secondary N) is 1. The lowest BCUT2D eigenvalue weighted by Gasteiger charge is -2.15. The Morgan fingerprint density at radius 3 is 2.50 bits per heavy atom. The fourth-order valence-corrected chi connectivity index (χ4v) is 1.82. The van der Waals surface area contributed by atoms with Crippen LogP contribution >= 0.6 is 0 Å². The molecule has 0 aliphatic rings. The molecule has 4 heteroatoms. The molecular weight excluding hydrogens is 231 g/mol. The number of rotatable bonds is 4. The number of halogens is 1. The van der Waals surface area contributed by atoms with Crippen LogP contribution in [0.15, 0.2) is 42.6 Å². The zero-order valence-electron chi connectivity index (χ0n) is 10.1. The smallest absolute Gasteiger partial charge is 0.141 e. The van der Waals surface area contributed by atoms with Crippen molar-refractivity contribution in [1.29, 1.82) is 0 Å². The first kappa shape index (κ1) is 12.5. The Morgan fingerprint density at radius 1 is 1.22 bits per heavy atom. The van der Waals surface area contributed by atoms with Crippen molar-refractivity contribution in [2.45, 2.75) is 12.5 Å². The lowest BCUT2D eigenvalue weighted by atomic mass is 10.0. The SMILES string of the molecule is CNC(Cc1ccc(O)cc1)c1ccc(F)cn1. The van der Waals surface area contributed by atoms with Crippen molar-refractivity contribution >= 4 is 0 Å². The molecule has 0 bridgehead atoms. The van der Waals surface area contributed by atoms with Gasteiger partial charge in [0.15, 0.2) is 0 Å². The van der Waals surface area contributed by atoms with Crippen LogP contribution < -0.4 is 5.32 Å². The van der Waals surface area contributed by atoms with Crippen molar-refractivity contribution in [2.75, 3.05) is 7.05 Å². The molecule has 94 valence electrons. The summed E-state index contributed by atoms with van der Waals surface area (Å²) in [7, 11) is 1.84. The summed E-state index contributed by atoms with van der Waals surface area (Å²) < 4.78 is 12.8. The average molecular weight is 246 g/mol. The third-order valence-electron chi connectivity index (χ3n) is 2.83. The Labute approximate surface area is 105 Å². The zero-order valence-corrected chi connectivity index (χ0v) is 10.1. The number of benzene rings is 1. The fourth-order valence-electron chi connectivity index (χ4n) is 1.82. The molecule has 2 rings (SSSR count). The highest BCUT2D eigenvalue weighted by Crippen LogP contribution is 2.18. The fraction of sp³-hybridized carbons (Fsp3) is 0.214. The number of phenols is 1. The van der Waals surface area contributed by atoms with Crippen LogP contribution in [-0.2, 0) is 6.42 Å². The molecule has 1 aromatic heterocycles. The van der Waals surface area contributed by atoms with E-state index in [9.17, 15) is 9.50 Å². The minimum atomic E-state index is -0.335. The van der Waals surface area contributed by atoms with Crippen molar-refractivity contribution in [3.8, 4) is 5.75 Å². The molecule has 0 saturated carbocycles. The summed E-state index contributed by atoms with van der Waals surface area (Å²) >= 11 is 0. The van der Waals surface area contributed by atoms with Gasteiger partial charge in [-0.15, -0.1) is 0 Å². The second-order valence-electron chi connectivity index (χ2n) is 4.11. The van der Waals surface area contributed by atoms with Gasteiger partial charge in [0.05, 0.1) is 17.9 Å². The van der Waals surface area contributed by atoms with Gasteiger partial charge in [0, 0.05) is 0 Å². The molecule has 3 nitrogen and oxygen atoms in total. The van der Waals surface area contributed by atoms with Crippen LogP contribution in [0.5, 0.6) is 5.75 Å². The van der Waals surface area contributed by atoms with E-state index in [1.165, 1.54) is 12.3 Å². The first-order chi connectivity index (χ1) is 8.69. The van der Waals surface area contributed by atoms with Crippen molar-refractivity contribution < 1.29 is 9.50 Å². The van der Waals surface area contributed by atoms with Crippen LogP contribution in [0.4, 0.5) is 4.39 Å². The van der Waals surface area contributed by atoms with E-state index >= 15 is 0 Å². The lowest BCUT2D eigenvalue weighted by Crippen LogP contribution is -2.20. The number of hydrogen-bond donors (Lipinski definition) is 2. The van der Waals surface area contributed by atoms with Gasteiger partial charge in [-0.2, -0.15) is 0 Å². The first-order valence-electron chi connectivity index (χ1n) is 5.75. The number of aromatic nitrogens is 1. The van der Waals surface area contributed by atoms with E-state index in [1.54, 1.807) is 18.2 Å². The minimum absolute atomic E-state index is 0.0233. The number of hydrogen-bond acceptors (Lipinski definition) is 3. The van der Waals surface area contributed by atoms with Crippen molar-refractivity contribution in [3.05, 3.63) is 59.7 Å². The molecular formula is C14H15FN2O. The van der Waals surface area contributed by atoms with E-state index in [4.69, 9.17) is 0 Å². The van der Waals surface area contributed by atoms with Crippen LogP contribution in [0, 0.1) is 5.82 Å². The molecule has 1 atom stereocenters. The highest BCUT2D eigenvalue weighted by atomic mass is 19.1. The van der Waals surface area contributed by atoms with Gasteiger partial charge in [0.1, 0.15) is 11.6 Å². The second-order valence-corrected chi connectivity index (χ2v) is 4.11. The second kappa shape index (κ2) is 5.60. The van der Waals surface area contributed by atoms with Gasteiger partial charge >= 0.3 is 0 Å². The molecule has 1 heterocycles. The van der Waals surface area contributed by atoms with Gasteiger partial charge in [-0.05, 0) is 43.3 Å². The van der Waals surface area contributed by atoms with E-state index < -0.39 is 0 Å². The molecule has 0 amide bonds. The Morgan fingerprint density at radius 2 is 1.94 bits per heavy atom. The Kier molecular flexibility index (Phi) is 3.89. The molecule has 1 unspecified atom stereocenters. The summed E-state index contributed by atoms with van der Waals surface area (Å²) in [5, 5.41) is 12.4. The molecule has 0 fully saturated rings. The molecule has 0 saturated heterocycles. The number of phenolic OH excluding ortho intramolecular Hbond substituents is 1.